The number of alkyl halides is 3. The molecule has 2 heterocycles. The monoisotopic (exact) mass is 531 g/mol. The van der Waals surface area contributed by atoms with Crippen molar-refractivity contribution in [3.63, 3.8) is 0 Å². The molecule has 0 aliphatic rings. The van der Waals surface area contributed by atoms with Crippen molar-refractivity contribution in [2.75, 3.05) is 6.54 Å². The van der Waals surface area contributed by atoms with Crippen LogP contribution in [0.15, 0.2) is 65.3 Å². The third kappa shape index (κ3) is 6.40. The first-order chi connectivity index (χ1) is 17.6. The molecule has 10 heteroatoms. The van der Waals surface area contributed by atoms with Gasteiger partial charge in [0.15, 0.2) is 5.58 Å². The fourth-order valence-corrected chi connectivity index (χ4v) is 4.31. The van der Waals surface area contributed by atoms with Gasteiger partial charge >= 0.3 is 6.18 Å². The van der Waals surface area contributed by atoms with E-state index in [0.717, 1.165) is 16.6 Å². The van der Waals surface area contributed by atoms with Crippen LogP contribution >= 0.6 is 11.6 Å². The first-order valence-electron chi connectivity index (χ1n) is 11.8. The Bertz CT molecular complexity index is 1370. The second kappa shape index (κ2) is 11.2. The van der Waals surface area contributed by atoms with E-state index in [0.29, 0.717) is 42.3 Å². The van der Waals surface area contributed by atoms with Gasteiger partial charge in [-0.15, -0.1) is 0 Å². The van der Waals surface area contributed by atoms with Crippen LogP contribution in [-0.4, -0.2) is 27.7 Å². The quantitative estimate of drug-likeness (QED) is 0.240. The largest absolute Gasteiger partial charge is 0.506 e. The summed E-state index contributed by atoms with van der Waals surface area (Å²) in [6.45, 7) is 2.02. The van der Waals surface area contributed by atoms with E-state index < -0.39 is 23.4 Å². The molecule has 194 valence electrons. The van der Waals surface area contributed by atoms with Crippen molar-refractivity contribution in [2.24, 2.45) is 5.92 Å². The Labute approximate surface area is 216 Å². The van der Waals surface area contributed by atoms with E-state index in [-0.39, 0.29) is 23.9 Å². The molecule has 1 amide bonds. The Morgan fingerprint density at radius 1 is 1.16 bits per heavy atom. The van der Waals surface area contributed by atoms with Crippen molar-refractivity contribution < 1.29 is 27.6 Å². The van der Waals surface area contributed by atoms with E-state index in [9.17, 15) is 23.1 Å². The number of benzene rings is 2. The minimum absolute atomic E-state index is 0.00807. The minimum Gasteiger partial charge on any atom is -0.506 e. The maximum absolute atomic E-state index is 12.8. The number of carbonyl (C=O) groups excluding carboxylic acids is 1. The third-order valence-corrected chi connectivity index (χ3v) is 6.45. The number of hydrogen-bond acceptors (Lipinski definition) is 5. The third-order valence-electron chi connectivity index (χ3n) is 6.20. The van der Waals surface area contributed by atoms with E-state index >= 15 is 0 Å². The summed E-state index contributed by atoms with van der Waals surface area (Å²) in [5, 5.41) is 18.7. The molecule has 2 aromatic carbocycles. The highest BCUT2D eigenvalue weighted by molar-refractivity contribution is 6.30. The molecule has 4 rings (SSSR count). The summed E-state index contributed by atoms with van der Waals surface area (Å²) < 4.78 is 43.9. The number of halogens is 4. The Kier molecular flexibility index (Phi) is 8.02. The number of aromatic hydroxyl groups is 1. The van der Waals surface area contributed by atoms with Gasteiger partial charge in [0.1, 0.15) is 5.75 Å². The van der Waals surface area contributed by atoms with E-state index in [1.807, 2.05) is 48.5 Å². The molecule has 2 unspecified atom stereocenters. The van der Waals surface area contributed by atoms with Crippen molar-refractivity contribution in [2.45, 2.75) is 38.3 Å². The molecule has 0 fully saturated rings. The Morgan fingerprint density at radius 3 is 2.59 bits per heavy atom. The summed E-state index contributed by atoms with van der Waals surface area (Å²) >= 11 is 6.07. The molecule has 6 nitrogen and oxygen atoms in total. The molecule has 0 bridgehead atoms. The maximum Gasteiger partial charge on any atom is 0.418 e. The lowest BCUT2D eigenvalue weighted by Gasteiger charge is -2.17. The van der Waals surface area contributed by atoms with Gasteiger partial charge in [-0.3, -0.25) is 9.78 Å². The van der Waals surface area contributed by atoms with Gasteiger partial charge in [-0.2, -0.15) is 13.2 Å². The number of fused-ring (bicyclic) bond motifs is 1. The highest BCUT2D eigenvalue weighted by atomic mass is 35.5. The lowest BCUT2D eigenvalue weighted by atomic mass is 9.89. The van der Waals surface area contributed by atoms with Crippen LogP contribution in [0.25, 0.3) is 11.0 Å². The number of nitrogens with zero attached hydrogens (tertiary/aromatic N) is 2. The molecule has 0 radical (unpaired) electrons. The lowest BCUT2D eigenvalue weighted by molar-refractivity contribution is -0.138. The molecule has 0 saturated heterocycles. The molecule has 4 aromatic rings. The fraction of sp³-hybridized carbons (Fsp3) is 0.296. The number of aromatic nitrogens is 2. The van der Waals surface area contributed by atoms with E-state index in [4.69, 9.17) is 16.1 Å². The van der Waals surface area contributed by atoms with Crippen LogP contribution in [0, 0.1) is 5.92 Å². The molecule has 2 atom stereocenters. The van der Waals surface area contributed by atoms with Crippen LogP contribution in [0.2, 0.25) is 5.02 Å². The average Bonchev–Trinajstić information content (AvgIpc) is 3.29. The molecular formula is C27H25ClF3N3O3. The van der Waals surface area contributed by atoms with Crippen LogP contribution in [0.1, 0.15) is 48.2 Å². The van der Waals surface area contributed by atoms with Gasteiger partial charge < -0.3 is 14.9 Å². The number of amides is 1. The fourth-order valence-electron chi connectivity index (χ4n) is 4.18. The van der Waals surface area contributed by atoms with Crippen LogP contribution in [0.5, 0.6) is 5.75 Å². The van der Waals surface area contributed by atoms with E-state index in [1.54, 1.807) is 6.92 Å². The van der Waals surface area contributed by atoms with Gasteiger partial charge in [0.25, 0.3) is 0 Å². The zero-order chi connectivity index (χ0) is 26.6. The molecule has 0 aliphatic carbocycles. The predicted molar refractivity (Wildman–Crippen MR) is 133 cm³/mol. The number of para-hydroxylation sites is 1. The number of hydrogen-bond donors (Lipinski definition) is 2. The molecule has 37 heavy (non-hydrogen) atoms. The van der Waals surface area contributed by atoms with Crippen LogP contribution < -0.4 is 5.32 Å². The Morgan fingerprint density at radius 2 is 1.89 bits per heavy atom. The first kappa shape index (κ1) is 26.5. The van der Waals surface area contributed by atoms with Crippen molar-refractivity contribution >= 4 is 28.5 Å². The first-order valence-corrected chi connectivity index (χ1v) is 12.1. The SMILES string of the molecule is CC(Cc1ncc(C(F)(F)F)cc1O)C(=O)NCCCC(c1ccc(Cl)cc1)c1noc2ccccc12. The molecule has 0 spiro atoms. The van der Waals surface area contributed by atoms with E-state index in [2.05, 4.69) is 15.5 Å². The van der Waals surface area contributed by atoms with Crippen molar-refractivity contribution in [3.05, 3.63) is 88.3 Å². The van der Waals surface area contributed by atoms with Crippen LogP contribution in [0.3, 0.4) is 0 Å². The van der Waals surface area contributed by atoms with Gasteiger partial charge in [-0.1, -0.05) is 47.9 Å². The zero-order valence-electron chi connectivity index (χ0n) is 19.9. The summed E-state index contributed by atoms with van der Waals surface area (Å²) in [4.78, 5) is 16.3. The Hall–Kier alpha value is -3.59. The minimum atomic E-state index is -4.60. The highest BCUT2D eigenvalue weighted by Gasteiger charge is 2.32. The second-order valence-corrected chi connectivity index (χ2v) is 9.33. The van der Waals surface area contributed by atoms with Gasteiger partial charge in [-0.05, 0) is 48.7 Å². The zero-order valence-corrected chi connectivity index (χ0v) is 20.7. The summed E-state index contributed by atoms with van der Waals surface area (Å²) in [7, 11) is 0. The average molecular weight is 532 g/mol. The van der Waals surface area contributed by atoms with Gasteiger partial charge in [0.05, 0.1) is 17.0 Å². The molecular weight excluding hydrogens is 507 g/mol. The smallest absolute Gasteiger partial charge is 0.418 e. The van der Waals surface area contributed by atoms with Crippen LogP contribution in [0.4, 0.5) is 13.2 Å². The summed E-state index contributed by atoms with van der Waals surface area (Å²) in [5.41, 5.74) is 1.52. The van der Waals surface area contributed by atoms with Gasteiger partial charge in [0.2, 0.25) is 5.91 Å². The molecule has 2 N–H and O–H groups in total. The van der Waals surface area contributed by atoms with E-state index in [1.165, 1.54) is 0 Å². The van der Waals surface area contributed by atoms with Crippen molar-refractivity contribution in [3.8, 4) is 5.75 Å². The Balaban J connectivity index is 1.37. The lowest BCUT2D eigenvalue weighted by Crippen LogP contribution is -2.31. The van der Waals surface area contributed by atoms with Crippen molar-refractivity contribution in [1.82, 2.24) is 15.5 Å². The standard InChI is InChI=1S/C27H25ClF3N3O3/c1-16(13-22-23(35)14-18(15-33-22)27(29,30)31)26(36)32-12-4-6-20(17-8-10-19(28)11-9-17)25-21-5-2-3-7-24(21)37-34-25/h2-3,5,7-11,14-16,20,35H,4,6,12-13H2,1H3,(H,32,36). The summed E-state index contributed by atoms with van der Waals surface area (Å²) in [6.07, 6.45) is -2.63. The number of nitrogens with one attached hydrogen (secondary N) is 1. The number of pyridine rings is 1. The normalized spacial score (nSPS) is 13.4. The highest BCUT2D eigenvalue weighted by Crippen LogP contribution is 2.34. The predicted octanol–water partition coefficient (Wildman–Crippen LogP) is 6.51. The second-order valence-electron chi connectivity index (χ2n) is 8.89. The van der Waals surface area contributed by atoms with Crippen LogP contribution in [-0.2, 0) is 17.4 Å². The molecule has 0 saturated carbocycles. The molecule has 2 aromatic heterocycles. The van der Waals surface area contributed by atoms with Gasteiger partial charge in [0, 0.05) is 41.4 Å². The van der Waals surface area contributed by atoms with Gasteiger partial charge in [-0.25, -0.2) is 0 Å². The number of carbonyl (C=O) groups is 1. The topological polar surface area (TPSA) is 88.3 Å². The maximum atomic E-state index is 12.8. The summed E-state index contributed by atoms with van der Waals surface area (Å²) in [6, 6.07) is 15.8. The number of rotatable bonds is 9. The van der Waals surface area contributed by atoms with Crippen molar-refractivity contribution in [1.29, 1.82) is 0 Å². The summed E-state index contributed by atoms with van der Waals surface area (Å²) in [5.74, 6) is -1.54. The molecule has 0 aliphatic heterocycles.